The molecular formula is C17H16BrNO3. The van der Waals surface area contributed by atoms with Crippen LogP contribution in [0.15, 0.2) is 53.0 Å². The Morgan fingerprint density at radius 2 is 1.77 bits per heavy atom. The molecule has 2 aromatic rings. The highest BCUT2D eigenvalue weighted by Gasteiger charge is 2.11. The molecule has 0 bridgehead atoms. The summed E-state index contributed by atoms with van der Waals surface area (Å²) < 4.78 is 5.88. The van der Waals surface area contributed by atoms with Gasteiger partial charge in [0.05, 0.1) is 5.56 Å². The molecule has 0 aliphatic heterocycles. The molecule has 0 fully saturated rings. The van der Waals surface area contributed by atoms with E-state index in [9.17, 15) is 9.59 Å². The van der Waals surface area contributed by atoms with Gasteiger partial charge in [-0.2, -0.15) is 0 Å². The first-order valence-electron chi connectivity index (χ1n) is 6.90. The normalized spacial score (nSPS) is 10.1. The van der Waals surface area contributed by atoms with Gasteiger partial charge in [0.1, 0.15) is 0 Å². The number of aryl methyl sites for hydroxylation is 1. The molecule has 5 heteroatoms. The van der Waals surface area contributed by atoms with Gasteiger partial charge in [0.15, 0.2) is 6.61 Å². The molecule has 0 aromatic heterocycles. The molecule has 2 aromatic carbocycles. The lowest BCUT2D eigenvalue weighted by molar-refractivity contribution is -0.119. The van der Waals surface area contributed by atoms with Crippen molar-refractivity contribution in [2.24, 2.45) is 0 Å². The van der Waals surface area contributed by atoms with Crippen LogP contribution >= 0.6 is 15.9 Å². The van der Waals surface area contributed by atoms with Gasteiger partial charge in [-0.3, -0.25) is 4.79 Å². The molecule has 2 rings (SSSR count). The molecule has 0 unspecified atom stereocenters. The molecule has 0 saturated heterocycles. The van der Waals surface area contributed by atoms with E-state index in [2.05, 4.69) is 21.2 Å². The van der Waals surface area contributed by atoms with E-state index < -0.39 is 5.97 Å². The lowest BCUT2D eigenvalue weighted by Gasteiger charge is -2.10. The Balaban J connectivity index is 1.90. The van der Waals surface area contributed by atoms with Crippen molar-refractivity contribution in [2.75, 3.05) is 11.9 Å². The van der Waals surface area contributed by atoms with Crippen LogP contribution < -0.4 is 5.32 Å². The Morgan fingerprint density at radius 1 is 1.09 bits per heavy atom. The van der Waals surface area contributed by atoms with Gasteiger partial charge in [-0.25, -0.2) is 4.79 Å². The second-order valence-corrected chi connectivity index (χ2v) is 5.56. The fourth-order valence-electron chi connectivity index (χ4n) is 1.94. The number of hydrogen-bond acceptors (Lipinski definition) is 3. The van der Waals surface area contributed by atoms with E-state index in [0.717, 1.165) is 22.1 Å². The van der Waals surface area contributed by atoms with Gasteiger partial charge in [-0.1, -0.05) is 41.1 Å². The molecular weight excluding hydrogens is 346 g/mol. The largest absolute Gasteiger partial charge is 0.452 e. The lowest BCUT2D eigenvalue weighted by atomic mass is 10.1. The molecule has 0 radical (unpaired) electrons. The third-order valence-electron chi connectivity index (χ3n) is 3.09. The van der Waals surface area contributed by atoms with Crippen LogP contribution in [0.5, 0.6) is 0 Å². The summed E-state index contributed by atoms with van der Waals surface area (Å²) >= 11 is 3.29. The Bertz CT molecular complexity index is 668. The number of benzene rings is 2. The van der Waals surface area contributed by atoms with Crippen molar-refractivity contribution < 1.29 is 14.3 Å². The van der Waals surface area contributed by atoms with Crippen molar-refractivity contribution in [1.29, 1.82) is 0 Å². The monoisotopic (exact) mass is 361 g/mol. The predicted molar refractivity (Wildman–Crippen MR) is 88.9 cm³/mol. The summed E-state index contributed by atoms with van der Waals surface area (Å²) in [5.74, 6) is -0.877. The van der Waals surface area contributed by atoms with Gasteiger partial charge in [0, 0.05) is 10.2 Å². The van der Waals surface area contributed by atoms with Crippen LogP contribution in [0.3, 0.4) is 0 Å². The average molecular weight is 362 g/mol. The zero-order valence-electron chi connectivity index (χ0n) is 12.1. The standard InChI is InChI=1S/C17H16BrNO3/c1-2-12-5-3-4-6-15(12)19-16(20)11-22-17(21)13-7-9-14(18)10-8-13/h3-10H,2,11H2,1H3,(H,19,20). The van der Waals surface area contributed by atoms with Crippen LogP contribution in [0, 0.1) is 0 Å². The van der Waals surface area contributed by atoms with E-state index >= 15 is 0 Å². The van der Waals surface area contributed by atoms with Gasteiger partial charge in [0.2, 0.25) is 0 Å². The van der Waals surface area contributed by atoms with Crippen LogP contribution in [0.2, 0.25) is 0 Å². The van der Waals surface area contributed by atoms with Crippen LogP contribution in [0.25, 0.3) is 0 Å². The molecule has 22 heavy (non-hydrogen) atoms. The molecule has 0 heterocycles. The molecule has 0 atom stereocenters. The third-order valence-corrected chi connectivity index (χ3v) is 3.62. The third kappa shape index (κ3) is 4.43. The Kier molecular flexibility index (Phi) is 5.72. The van der Waals surface area contributed by atoms with Crippen LogP contribution in [-0.2, 0) is 16.0 Å². The van der Waals surface area contributed by atoms with Crippen LogP contribution in [-0.4, -0.2) is 18.5 Å². The quantitative estimate of drug-likeness (QED) is 0.823. The summed E-state index contributed by atoms with van der Waals surface area (Å²) in [5.41, 5.74) is 2.19. The van der Waals surface area contributed by atoms with Crippen molar-refractivity contribution in [1.82, 2.24) is 0 Å². The van der Waals surface area contributed by atoms with E-state index in [1.165, 1.54) is 0 Å². The lowest BCUT2D eigenvalue weighted by Crippen LogP contribution is -2.21. The highest BCUT2D eigenvalue weighted by molar-refractivity contribution is 9.10. The highest BCUT2D eigenvalue weighted by Crippen LogP contribution is 2.15. The smallest absolute Gasteiger partial charge is 0.338 e. The Hall–Kier alpha value is -2.14. The van der Waals surface area contributed by atoms with E-state index in [4.69, 9.17) is 4.74 Å². The van der Waals surface area contributed by atoms with Crippen LogP contribution in [0.4, 0.5) is 5.69 Å². The Morgan fingerprint density at radius 3 is 2.45 bits per heavy atom. The van der Waals surface area contributed by atoms with Crippen molar-refractivity contribution >= 4 is 33.5 Å². The molecule has 0 aliphatic carbocycles. The molecule has 0 aliphatic rings. The fraction of sp³-hybridized carbons (Fsp3) is 0.176. The zero-order chi connectivity index (χ0) is 15.9. The van der Waals surface area contributed by atoms with E-state index in [-0.39, 0.29) is 12.5 Å². The van der Waals surface area contributed by atoms with Crippen LogP contribution in [0.1, 0.15) is 22.8 Å². The molecule has 0 saturated carbocycles. The number of esters is 1. The van der Waals surface area contributed by atoms with Gasteiger partial charge in [-0.05, 0) is 42.3 Å². The molecule has 0 spiro atoms. The maximum absolute atomic E-state index is 11.9. The topological polar surface area (TPSA) is 55.4 Å². The second-order valence-electron chi connectivity index (χ2n) is 4.64. The van der Waals surface area contributed by atoms with Crippen molar-refractivity contribution in [3.8, 4) is 0 Å². The zero-order valence-corrected chi connectivity index (χ0v) is 13.7. The Labute approximate surface area is 137 Å². The minimum atomic E-state index is -0.522. The summed E-state index contributed by atoms with van der Waals surface area (Å²) in [6.45, 7) is 1.70. The van der Waals surface area contributed by atoms with Gasteiger partial charge >= 0.3 is 5.97 Å². The fourth-order valence-corrected chi connectivity index (χ4v) is 2.20. The molecule has 1 N–H and O–H groups in total. The molecule has 114 valence electrons. The second kappa shape index (κ2) is 7.75. The van der Waals surface area contributed by atoms with Crippen molar-refractivity contribution in [2.45, 2.75) is 13.3 Å². The maximum Gasteiger partial charge on any atom is 0.338 e. The van der Waals surface area contributed by atoms with E-state index in [0.29, 0.717) is 5.56 Å². The number of carbonyl (C=O) groups excluding carboxylic acids is 2. The number of para-hydroxylation sites is 1. The number of anilines is 1. The van der Waals surface area contributed by atoms with Gasteiger partial charge in [0.25, 0.3) is 5.91 Å². The minimum absolute atomic E-state index is 0.313. The number of rotatable bonds is 5. The predicted octanol–water partition coefficient (Wildman–Crippen LogP) is 3.81. The summed E-state index contributed by atoms with van der Waals surface area (Å²) in [5, 5.41) is 2.75. The summed E-state index contributed by atoms with van der Waals surface area (Å²) in [6, 6.07) is 14.3. The number of nitrogens with one attached hydrogen (secondary N) is 1. The van der Waals surface area contributed by atoms with Crippen molar-refractivity contribution in [3.63, 3.8) is 0 Å². The SMILES string of the molecule is CCc1ccccc1NC(=O)COC(=O)c1ccc(Br)cc1. The summed E-state index contributed by atoms with van der Waals surface area (Å²) in [7, 11) is 0. The number of halogens is 1. The molecule has 1 amide bonds. The molecule has 4 nitrogen and oxygen atoms in total. The number of hydrogen-bond donors (Lipinski definition) is 1. The first-order chi connectivity index (χ1) is 10.6. The summed E-state index contributed by atoms with van der Waals surface area (Å²) in [6.07, 6.45) is 0.815. The number of ether oxygens (including phenoxy) is 1. The van der Waals surface area contributed by atoms with E-state index in [1.54, 1.807) is 24.3 Å². The minimum Gasteiger partial charge on any atom is -0.452 e. The maximum atomic E-state index is 11.9. The van der Waals surface area contributed by atoms with E-state index in [1.807, 2.05) is 31.2 Å². The van der Waals surface area contributed by atoms with Gasteiger partial charge < -0.3 is 10.1 Å². The highest BCUT2D eigenvalue weighted by atomic mass is 79.9. The van der Waals surface area contributed by atoms with Gasteiger partial charge in [-0.15, -0.1) is 0 Å². The average Bonchev–Trinajstić information content (AvgIpc) is 2.54. The first kappa shape index (κ1) is 16.2. The number of carbonyl (C=O) groups is 2. The first-order valence-corrected chi connectivity index (χ1v) is 7.70. The van der Waals surface area contributed by atoms with Crippen molar-refractivity contribution in [3.05, 3.63) is 64.1 Å². The summed E-state index contributed by atoms with van der Waals surface area (Å²) in [4.78, 5) is 23.7. The number of amides is 1.